The van der Waals surface area contributed by atoms with Crippen LogP contribution in [-0.4, -0.2) is 34.6 Å². The Morgan fingerprint density at radius 1 is 1.09 bits per heavy atom. The number of halogens is 1. The van der Waals surface area contributed by atoms with Crippen molar-refractivity contribution in [2.45, 2.75) is 70.3 Å². The maximum absolute atomic E-state index is 13.2. The van der Waals surface area contributed by atoms with Gasteiger partial charge in [0.05, 0.1) is 5.75 Å². The molecule has 0 spiro atoms. The lowest BCUT2D eigenvalue weighted by Crippen LogP contribution is -2.50. The van der Waals surface area contributed by atoms with Crippen LogP contribution in [-0.2, 0) is 21.9 Å². The van der Waals surface area contributed by atoms with E-state index >= 15 is 0 Å². The quantitative estimate of drug-likeness (QED) is 0.505. The molecule has 1 atom stereocenters. The fraction of sp³-hybridized carbons (Fsp3) is 0.462. The largest absolute Gasteiger partial charge is 0.352 e. The molecule has 2 aromatic carbocycles. The van der Waals surface area contributed by atoms with Gasteiger partial charge in [0.1, 0.15) is 6.04 Å². The summed E-state index contributed by atoms with van der Waals surface area (Å²) in [5, 5.41) is 3.83. The molecule has 6 heteroatoms. The van der Waals surface area contributed by atoms with E-state index in [-0.39, 0.29) is 17.9 Å². The van der Waals surface area contributed by atoms with Gasteiger partial charge in [-0.1, -0.05) is 72.8 Å². The Labute approximate surface area is 201 Å². The van der Waals surface area contributed by atoms with Crippen molar-refractivity contribution in [3.63, 3.8) is 0 Å². The SMILES string of the molecule is Cc1cccc(CSCC(=O)N(Cc2ccc(Cl)cc2)[C@@H](C)C(=O)NC2CCCCC2)c1. The number of nitrogens with zero attached hydrogens (tertiary/aromatic N) is 1. The monoisotopic (exact) mass is 472 g/mol. The molecule has 0 unspecified atom stereocenters. The highest BCUT2D eigenvalue weighted by Gasteiger charge is 2.28. The predicted octanol–water partition coefficient (Wildman–Crippen LogP) is 5.75. The average Bonchev–Trinajstić information content (AvgIpc) is 2.79. The molecule has 0 saturated heterocycles. The van der Waals surface area contributed by atoms with Crippen molar-refractivity contribution in [1.82, 2.24) is 10.2 Å². The summed E-state index contributed by atoms with van der Waals surface area (Å²) < 4.78 is 0. The lowest BCUT2D eigenvalue weighted by molar-refractivity contribution is -0.139. The molecule has 0 heterocycles. The Kier molecular flexibility index (Phi) is 9.49. The molecule has 0 radical (unpaired) electrons. The summed E-state index contributed by atoms with van der Waals surface area (Å²) in [4.78, 5) is 27.9. The third kappa shape index (κ3) is 7.56. The van der Waals surface area contributed by atoms with Gasteiger partial charge in [0, 0.05) is 23.4 Å². The van der Waals surface area contributed by atoms with E-state index in [0.29, 0.717) is 17.3 Å². The summed E-state index contributed by atoms with van der Waals surface area (Å²) in [6.07, 6.45) is 5.60. The zero-order valence-electron chi connectivity index (χ0n) is 19.0. The Bertz CT molecular complexity index is 897. The van der Waals surface area contributed by atoms with Crippen LogP contribution in [0.5, 0.6) is 0 Å². The van der Waals surface area contributed by atoms with Gasteiger partial charge in [0.15, 0.2) is 0 Å². The number of benzene rings is 2. The zero-order chi connectivity index (χ0) is 22.9. The van der Waals surface area contributed by atoms with Gasteiger partial charge in [-0.2, -0.15) is 0 Å². The van der Waals surface area contributed by atoms with Crippen molar-refractivity contribution in [2.75, 3.05) is 5.75 Å². The molecule has 3 rings (SSSR count). The summed E-state index contributed by atoms with van der Waals surface area (Å²) in [6.45, 7) is 4.29. The second-order valence-corrected chi connectivity index (χ2v) is 10.1. The number of hydrogen-bond acceptors (Lipinski definition) is 3. The fourth-order valence-corrected chi connectivity index (χ4v) is 5.06. The molecule has 1 aliphatic carbocycles. The lowest BCUT2D eigenvalue weighted by atomic mass is 9.95. The topological polar surface area (TPSA) is 49.4 Å². The van der Waals surface area contributed by atoms with E-state index < -0.39 is 6.04 Å². The van der Waals surface area contributed by atoms with Gasteiger partial charge in [0.25, 0.3) is 0 Å². The zero-order valence-corrected chi connectivity index (χ0v) is 20.6. The molecule has 32 heavy (non-hydrogen) atoms. The van der Waals surface area contributed by atoms with Crippen LogP contribution in [0.4, 0.5) is 0 Å². The predicted molar refractivity (Wildman–Crippen MR) is 134 cm³/mol. The molecule has 2 aromatic rings. The van der Waals surface area contributed by atoms with Crippen LogP contribution >= 0.6 is 23.4 Å². The minimum atomic E-state index is -0.528. The van der Waals surface area contributed by atoms with Crippen molar-refractivity contribution < 1.29 is 9.59 Å². The first kappa shape index (κ1) is 24.7. The second kappa shape index (κ2) is 12.3. The van der Waals surface area contributed by atoms with Crippen molar-refractivity contribution in [1.29, 1.82) is 0 Å². The molecular formula is C26H33ClN2O2S. The maximum Gasteiger partial charge on any atom is 0.242 e. The van der Waals surface area contributed by atoms with Gasteiger partial charge in [-0.05, 0) is 49.9 Å². The summed E-state index contributed by atoms with van der Waals surface area (Å²) in [5.41, 5.74) is 3.38. The summed E-state index contributed by atoms with van der Waals surface area (Å²) in [6, 6.07) is 15.5. The van der Waals surface area contributed by atoms with Crippen LogP contribution in [0.2, 0.25) is 5.02 Å². The summed E-state index contributed by atoms with van der Waals surface area (Å²) >= 11 is 7.61. The lowest BCUT2D eigenvalue weighted by Gasteiger charge is -2.31. The smallest absolute Gasteiger partial charge is 0.242 e. The van der Waals surface area contributed by atoms with Crippen molar-refractivity contribution in [3.05, 3.63) is 70.2 Å². The molecule has 1 aliphatic rings. The van der Waals surface area contributed by atoms with E-state index in [0.717, 1.165) is 37.0 Å². The first-order chi connectivity index (χ1) is 15.4. The number of nitrogens with one attached hydrogen (secondary N) is 1. The Morgan fingerprint density at radius 2 is 1.81 bits per heavy atom. The molecular weight excluding hydrogens is 440 g/mol. The number of aryl methyl sites for hydroxylation is 1. The van der Waals surface area contributed by atoms with Crippen LogP contribution in [0.15, 0.2) is 48.5 Å². The van der Waals surface area contributed by atoms with Crippen LogP contribution in [0.1, 0.15) is 55.7 Å². The Balaban J connectivity index is 1.64. The van der Waals surface area contributed by atoms with Gasteiger partial charge < -0.3 is 10.2 Å². The normalized spacial score (nSPS) is 15.2. The molecule has 172 valence electrons. The van der Waals surface area contributed by atoms with Gasteiger partial charge in [-0.15, -0.1) is 11.8 Å². The Hall–Kier alpha value is -1.98. The highest BCUT2D eigenvalue weighted by Crippen LogP contribution is 2.20. The fourth-order valence-electron chi connectivity index (χ4n) is 4.08. The number of carbonyl (C=O) groups excluding carboxylic acids is 2. The molecule has 1 fully saturated rings. The van der Waals surface area contributed by atoms with Crippen LogP contribution in [0.25, 0.3) is 0 Å². The van der Waals surface area contributed by atoms with E-state index in [2.05, 4.69) is 30.4 Å². The van der Waals surface area contributed by atoms with E-state index in [1.165, 1.54) is 17.5 Å². The third-order valence-corrected chi connectivity index (χ3v) is 7.20. The summed E-state index contributed by atoms with van der Waals surface area (Å²) in [5.74, 6) is 1.01. The molecule has 0 aliphatic heterocycles. The van der Waals surface area contributed by atoms with Gasteiger partial charge in [-0.3, -0.25) is 9.59 Å². The first-order valence-electron chi connectivity index (χ1n) is 11.4. The number of carbonyl (C=O) groups is 2. The van der Waals surface area contributed by atoms with E-state index in [4.69, 9.17) is 11.6 Å². The Morgan fingerprint density at radius 3 is 2.50 bits per heavy atom. The van der Waals surface area contributed by atoms with Gasteiger partial charge >= 0.3 is 0 Å². The van der Waals surface area contributed by atoms with Crippen LogP contribution in [0.3, 0.4) is 0 Å². The average molecular weight is 473 g/mol. The minimum Gasteiger partial charge on any atom is -0.352 e. The van der Waals surface area contributed by atoms with Crippen molar-refractivity contribution in [3.8, 4) is 0 Å². The number of thioether (sulfide) groups is 1. The molecule has 0 bridgehead atoms. The van der Waals surface area contributed by atoms with Crippen LogP contribution in [0, 0.1) is 6.92 Å². The van der Waals surface area contributed by atoms with Crippen LogP contribution < -0.4 is 5.32 Å². The number of hydrogen-bond donors (Lipinski definition) is 1. The van der Waals surface area contributed by atoms with Gasteiger partial charge in [0.2, 0.25) is 11.8 Å². The van der Waals surface area contributed by atoms with E-state index in [1.54, 1.807) is 16.7 Å². The number of amides is 2. The summed E-state index contributed by atoms with van der Waals surface area (Å²) in [7, 11) is 0. The minimum absolute atomic E-state index is 0.0242. The van der Waals surface area contributed by atoms with Crippen molar-refractivity contribution in [2.24, 2.45) is 0 Å². The highest BCUT2D eigenvalue weighted by molar-refractivity contribution is 7.99. The van der Waals surface area contributed by atoms with E-state index in [1.807, 2.05) is 37.3 Å². The van der Waals surface area contributed by atoms with Crippen molar-refractivity contribution >= 4 is 35.2 Å². The maximum atomic E-state index is 13.2. The van der Waals surface area contributed by atoms with Gasteiger partial charge in [-0.25, -0.2) is 0 Å². The number of rotatable bonds is 9. The molecule has 4 nitrogen and oxygen atoms in total. The molecule has 2 amide bonds. The molecule has 1 saturated carbocycles. The second-order valence-electron chi connectivity index (χ2n) is 8.65. The molecule has 0 aromatic heterocycles. The van der Waals surface area contributed by atoms with E-state index in [9.17, 15) is 9.59 Å². The highest BCUT2D eigenvalue weighted by atomic mass is 35.5. The first-order valence-corrected chi connectivity index (χ1v) is 12.9. The standard InChI is InChI=1S/C26H33ClN2O2S/c1-19-7-6-8-22(15-19)17-32-18-25(30)29(16-21-11-13-23(27)14-12-21)20(2)26(31)28-24-9-4-3-5-10-24/h6-8,11-15,20,24H,3-5,9-10,16-18H2,1-2H3,(H,28,31)/t20-/m0/s1. The third-order valence-electron chi connectivity index (χ3n) is 5.96. The molecule has 1 N–H and O–H groups in total.